The molecule has 9 rings (SSSR count). The van der Waals surface area contributed by atoms with Crippen molar-refractivity contribution in [1.82, 2.24) is 60.0 Å². The Morgan fingerprint density at radius 2 is 1.65 bits per heavy atom. The standard InChI is InChI=1S/C55H77F2N15O5S/c1-11-13-55(56,57)40-22-44-48(59-27-40)54(9,10)33-72(44)47(73)32-71-29-35(2)58-28-41(71)31-69-19-20-70(30-36(69)3)52-60-25-39(26-61-52)51(74)68-17-15-67(16-18-68)14-12-21-77-45-24-43-42(23-46(45)78(75,76)53(6,7)8)50(63-34-62-43)64-49-37(4)38(5)65-66-49/h22-27,34-36,41,58H,11-21,28-33H2,1-10H3,(H2,62,63,64,65,66)/t35-,36-,41-/m1/s1. The number of carbonyl (C=O) groups is 2. The molecule has 4 aromatic heterocycles. The van der Waals surface area contributed by atoms with Crippen molar-refractivity contribution in [2.24, 2.45) is 0 Å². The number of rotatable bonds is 17. The summed E-state index contributed by atoms with van der Waals surface area (Å²) in [5, 5.41) is 14.7. The Morgan fingerprint density at radius 1 is 0.910 bits per heavy atom. The molecule has 2 amide bonds. The second kappa shape index (κ2) is 22.6. The number of amides is 2. The van der Waals surface area contributed by atoms with Gasteiger partial charge in [-0.15, -0.1) is 0 Å². The lowest BCUT2D eigenvalue weighted by Crippen LogP contribution is -2.63. The highest BCUT2D eigenvalue weighted by Gasteiger charge is 2.43. The lowest BCUT2D eigenvalue weighted by molar-refractivity contribution is -0.120. The van der Waals surface area contributed by atoms with Crippen LogP contribution in [0.2, 0.25) is 0 Å². The lowest BCUT2D eigenvalue weighted by Gasteiger charge is -2.45. The summed E-state index contributed by atoms with van der Waals surface area (Å²) in [5.41, 5.74) is 3.33. The van der Waals surface area contributed by atoms with Gasteiger partial charge in [0.2, 0.25) is 11.9 Å². The van der Waals surface area contributed by atoms with Crippen LogP contribution in [0.25, 0.3) is 10.9 Å². The first-order valence-corrected chi connectivity index (χ1v) is 28.9. The highest BCUT2D eigenvalue weighted by atomic mass is 32.2. The molecule has 0 unspecified atom stereocenters. The van der Waals surface area contributed by atoms with Gasteiger partial charge in [0, 0.05) is 155 Å². The molecule has 23 heteroatoms. The number of benzene rings is 1. The van der Waals surface area contributed by atoms with Crippen LogP contribution in [0.5, 0.6) is 5.75 Å². The molecule has 1 aromatic carbocycles. The van der Waals surface area contributed by atoms with Crippen molar-refractivity contribution in [2.45, 2.75) is 128 Å². The van der Waals surface area contributed by atoms with Gasteiger partial charge in [0.05, 0.1) is 40.4 Å². The number of hydrogen-bond acceptors (Lipinski definition) is 17. The Balaban J connectivity index is 0.747. The summed E-state index contributed by atoms with van der Waals surface area (Å²) in [4.78, 5) is 63.3. The zero-order valence-electron chi connectivity index (χ0n) is 46.9. The number of H-pyrrole nitrogens is 1. The highest BCUT2D eigenvalue weighted by Crippen LogP contribution is 2.43. The van der Waals surface area contributed by atoms with E-state index in [0.717, 1.165) is 24.3 Å². The van der Waals surface area contributed by atoms with Crippen LogP contribution in [0.15, 0.2) is 48.0 Å². The zero-order chi connectivity index (χ0) is 55.9. The SMILES string of the molecule is CCCC(F)(F)c1cnc2c(c1)N(C(=O)CN1C[C@@H](C)NC[C@@H]1CN1CCN(c3ncc(C(=O)N4CCN(CCCOc5cc6ncnc(Nc7n[nH]c(C)c7C)c6cc5S(=O)(=O)C(C)(C)C)CC4)cn3)C[C@H]1C)CC2(C)C. The molecule has 0 spiro atoms. The smallest absolute Gasteiger partial charge is 0.274 e. The normalized spacial score (nSPS) is 20.8. The number of carbonyl (C=O) groups excluding carboxylic acids is 2. The second-order valence-corrected chi connectivity index (χ2v) is 26.0. The number of nitrogens with zero attached hydrogens (tertiary/aromatic N) is 12. The maximum Gasteiger partial charge on any atom is 0.274 e. The molecule has 3 saturated heterocycles. The minimum atomic E-state index is -3.84. The number of nitrogens with one attached hydrogen (secondary N) is 3. The summed E-state index contributed by atoms with van der Waals surface area (Å²) in [5.74, 6) is -1.42. The molecule has 78 heavy (non-hydrogen) atoms. The van der Waals surface area contributed by atoms with E-state index in [1.165, 1.54) is 18.6 Å². The number of halogens is 2. The van der Waals surface area contributed by atoms with E-state index in [0.29, 0.717) is 124 Å². The van der Waals surface area contributed by atoms with Crippen molar-refractivity contribution >= 4 is 55.8 Å². The molecule has 8 heterocycles. The van der Waals surface area contributed by atoms with Gasteiger partial charge < -0.3 is 30.1 Å². The molecule has 3 atom stereocenters. The quantitative estimate of drug-likeness (QED) is 0.0899. The fourth-order valence-corrected chi connectivity index (χ4v) is 12.3. The number of aryl methyl sites for hydroxylation is 1. The third-order valence-corrected chi connectivity index (χ3v) is 18.4. The second-order valence-electron chi connectivity index (χ2n) is 23.3. The number of aromatic amines is 1. The molecule has 20 nitrogen and oxygen atoms in total. The predicted octanol–water partition coefficient (Wildman–Crippen LogP) is 6.09. The lowest BCUT2D eigenvalue weighted by atomic mass is 9.91. The largest absolute Gasteiger partial charge is 0.492 e. The minimum absolute atomic E-state index is 0.0543. The number of alkyl halides is 2. The zero-order valence-corrected chi connectivity index (χ0v) is 47.7. The molecular formula is C55H77F2N15O5S. The third kappa shape index (κ3) is 11.9. The number of anilines is 4. The van der Waals surface area contributed by atoms with E-state index < -0.39 is 25.9 Å². The van der Waals surface area contributed by atoms with E-state index in [1.54, 1.807) is 57.1 Å². The van der Waals surface area contributed by atoms with Crippen LogP contribution in [0.1, 0.15) is 108 Å². The molecule has 0 radical (unpaired) electrons. The van der Waals surface area contributed by atoms with Gasteiger partial charge in [-0.3, -0.25) is 34.4 Å². The Hall–Kier alpha value is -6.01. The number of aromatic nitrogens is 7. The van der Waals surface area contributed by atoms with Gasteiger partial charge in [-0.25, -0.2) is 37.1 Å². The van der Waals surface area contributed by atoms with Crippen molar-refractivity contribution in [3.8, 4) is 5.75 Å². The average Bonchev–Trinajstić information content (AvgIpc) is 3.90. The predicted molar refractivity (Wildman–Crippen MR) is 297 cm³/mol. The summed E-state index contributed by atoms with van der Waals surface area (Å²) in [6.45, 7) is 27.1. The first kappa shape index (κ1) is 56.7. The summed E-state index contributed by atoms with van der Waals surface area (Å²) in [6, 6.07) is 5.13. The summed E-state index contributed by atoms with van der Waals surface area (Å²) < 4.78 is 63.3. The molecular weight excluding hydrogens is 1020 g/mol. The van der Waals surface area contributed by atoms with E-state index in [-0.39, 0.29) is 65.7 Å². The van der Waals surface area contributed by atoms with Gasteiger partial charge >= 0.3 is 0 Å². The third-order valence-electron chi connectivity index (χ3n) is 15.9. The number of fused-ring (bicyclic) bond motifs is 2. The van der Waals surface area contributed by atoms with Crippen LogP contribution in [0.4, 0.5) is 32.1 Å². The molecule has 0 aliphatic carbocycles. The Bertz CT molecular complexity index is 3090. The van der Waals surface area contributed by atoms with Gasteiger partial charge in [0.25, 0.3) is 11.8 Å². The van der Waals surface area contributed by atoms with Gasteiger partial charge in [-0.2, -0.15) is 5.10 Å². The van der Waals surface area contributed by atoms with Crippen LogP contribution in [-0.2, 0) is 26.0 Å². The fraction of sp³-hybridized carbons (Fsp3) is 0.600. The number of hydrogen-bond donors (Lipinski definition) is 3. The van der Waals surface area contributed by atoms with Gasteiger partial charge in [-0.1, -0.05) is 27.2 Å². The van der Waals surface area contributed by atoms with Gasteiger partial charge in [0.1, 0.15) is 22.8 Å². The molecule has 5 aromatic rings. The van der Waals surface area contributed by atoms with Crippen molar-refractivity contribution in [1.29, 1.82) is 0 Å². The van der Waals surface area contributed by atoms with Crippen LogP contribution in [-0.4, -0.2) is 190 Å². The molecule has 0 bridgehead atoms. The average molecular weight is 1100 g/mol. The van der Waals surface area contributed by atoms with Crippen LogP contribution >= 0.6 is 0 Å². The summed E-state index contributed by atoms with van der Waals surface area (Å²) >= 11 is 0. The Labute approximate surface area is 457 Å². The van der Waals surface area contributed by atoms with E-state index >= 15 is 8.78 Å². The monoisotopic (exact) mass is 1100 g/mol. The maximum absolute atomic E-state index is 15.1. The van der Waals surface area contributed by atoms with E-state index in [9.17, 15) is 18.0 Å². The van der Waals surface area contributed by atoms with Crippen molar-refractivity contribution < 1.29 is 31.5 Å². The van der Waals surface area contributed by atoms with E-state index in [2.05, 4.69) is 79.2 Å². The summed E-state index contributed by atoms with van der Waals surface area (Å²) in [7, 11) is -3.84. The number of piperazine rings is 3. The van der Waals surface area contributed by atoms with Gasteiger partial charge in [0.15, 0.2) is 15.7 Å². The Morgan fingerprint density at radius 3 is 2.33 bits per heavy atom. The van der Waals surface area contributed by atoms with Crippen molar-refractivity contribution in [2.75, 3.05) is 107 Å². The fourth-order valence-electron chi connectivity index (χ4n) is 11.0. The molecule has 0 saturated carbocycles. The molecule has 3 fully saturated rings. The number of sulfone groups is 1. The minimum Gasteiger partial charge on any atom is -0.492 e. The topological polar surface area (TPSA) is 214 Å². The first-order valence-electron chi connectivity index (χ1n) is 27.4. The first-order chi connectivity index (χ1) is 36.9. The molecule has 4 aliphatic heterocycles. The number of pyridine rings is 1. The van der Waals surface area contributed by atoms with Crippen molar-refractivity contribution in [3.05, 3.63) is 71.2 Å². The van der Waals surface area contributed by atoms with Crippen LogP contribution in [0, 0.1) is 13.8 Å². The van der Waals surface area contributed by atoms with Crippen LogP contribution < -0.4 is 25.2 Å². The number of ether oxygens (including phenoxy) is 1. The van der Waals surface area contributed by atoms with Gasteiger partial charge in [-0.05, 0) is 67.0 Å². The summed E-state index contributed by atoms with van der Waals surface area (Å²) in [6.07, 6.45) is 6.63. The maximum atomic E-state index is 15.1. The molecule has 3 N–H and O–H groups in total. The molecule has 422 valence electrons. The van der Waals surface area contributed by atoms with E-state index in [4.69, 9.17) is 4.74 Å². The highest BCUT2D eigenvalue weighted by molar-refractivity contribution is 7.92. The Kier molecular flexibility index (Phi) is 16.4. The van der Waals surface area contributed by atoms with E-state index in [1.807, 2.05) is 32.6 Å². The van der Waals surface area contributed by atoms with Crippen LogP contribution in [0.3, 0.4) is 0 Å². The van der Waals surface area contributed by atoms with Crippen molar-refractivity contribution in [3.63, 3.8) is 0 Å². The molecule has 4 aliphatic rings.